The third-order valence-corrected chi connectivity index (χ3v) is 4.07. The van der Waals surface area contributed by atoms with Crippen molar-refractivity contribution in [3.63, 3.8) is 0 Å². The summed E-state index contributed by atoms with van der Waals surface area (Å²) >= 11 is 0. The quantitative estimate of drug-likeness (QED) is 0.802. The van der Waals surface area contributed by atoms with E-state index in [0.29, 0.717) is 24.8 Å². The van der Waals surface area contributed by atoms with E-state index in [0.717, 1.165) is 12.8 Å². The summed E-state index contributed by atoms with van der Waals surface area (Å²) in [6, 6.07) is -0.229. The standard InChI is InChI=1S/C13H22N2O2/c1-4-8-7-11(8)15-10(6-3)12(16)14-9(5-2)13(15)17/h8-11H,4-7H2,1-3H3,(H,14,16). The van der Waals surface area contributed by atoms with Gasteiger partial charge in [-0.1, -0.05) is 27.2 Å². The Morgan fingerprint density at radius 3 is 2.35 bits per heavy atom. The monoisotopic (exact) mass is 238 g/mol. The number of nitrogens with one attached hydrogen (secondary N) is 1. The molecule has 1 N–H and O–H groups in total. The van der Waals surface area contributed by atoms with Gasteiger partial charge in [-0.2, -0.15) is 0 Å². The van der Waals surface area contributed by atoms with E-state index < -0.39 is 0 Å². The predicted octanol–water partition coefficient (Wildman–Crippen LogP) is 1.30. The Hall–Kier alpha value is -1.06. The van der Waals surface area contributed by atoms with Gasteiger partial charge in [-0.25, -0.2) is 0 Å². The molecule has 96 valence electrons. The van der Waals surface area contributed by atoms with E-state index in [9.17, 15) is 9.59 Å². The van der Waals surface area contributed by atoms with Crippen LogP contribution in [0.5, 0.6) is 0 Å². The van der Waals surface area contributed by atoms with Crippen LogP contribution in [-0.2, 0) is 9.59 Å². The second-order valence-corrected chi connectivity index (χ2v) is 5.11. The molecule has 1 saturated carbocycles. The Bertz CT molecular complexity index is 329. The molecule has 0 aromatic heterocycles. The molecular formula is C13H22N2O2. The lowest BCUT2D eigenvalue weighted by atomic mass is 10.0. The Balaban J connectivity index is 2.17. The van der Waals surface area contributed by atoms with E-state index >= 15 is 0 Å². The molecule has 2 amide bonds. The van der Waals surface area contributed by atoms with Crippen molar-refractivity contribution in [2.75, 3.05) is 0 Å². The number of amides is 2. The fourth-order valence-corrected chi connectivity index (χ4v) is 2.85. The second-order valence-electron chi connectivity index (χ2n) is 5.11. The van der Waals surface area contributed by atoms with Crippen LogP contribution >= 0.6 is 0 Å². The fraction of sp³-hybridized carbons (Fsp3) is 0.846. The van der Waals surface area contributed by atoms with Gasteiger partial charge in [0, 0.05) is 6.04 Å². The topological polar surface area (TPSA) is 49.4 Å². The number of nitrogens with zero attached hydrogens (tertiary/aromatic N) is 1. The molecule has 1 heterocycles. The minimum absolute atomic E-state index is 0.0284. The first-order valence-electron chi connectivity index (χ1n) is 6.76. The lowest BCUT2D eigenvalue weighted by Crippen LogP contribution is -2.63. The average Bonchev–Trinajstić information content (AvgIpc) is 3.10. The van der Waals surface area contributed by atoms with Crippen LogP contribution in [-0.4, -0.2) is 34.8 Å². The van der Waals surface area contributed by atoms with Crippen LogP contribution in [0, 0.1) is 5.92 Å². The van der Waals surface area contributed by atoms with Gasteiger partial charge in [0.1, 0.15) is 12.1 Å². The minimum atomic E-state index is -0.302. The summed E-state index contributed by atoms with van der Waals surface area (Å²) in [6.45, 7) is 6.06. The molecule has 2 rings (SSSR count). The Morgan fingerprint density at radius 2 is 1.88 bits per heavy atom. The molecule has 4 nitrogen and oxygen atoms in total. The van der Waals surface area contributed by atoms with Gasteiger partial charge in [0.25, 0.3) is 0 Å². The maximum absolute atomic E-state index is 12.3. The van der Waals surface area contributed by atoms with Crippen molar-refractivity contribution < 1.29 is 9.59 Å². The van der Waals surface area contributed by atoms with Gasteiger partial charge in [0.05, 0.1) is 0 Å². The van der Waals surface area contributed by atoms with Gasteiger partial charge in [-0.05, 0) is 25.2 Å². The lowest BCUT2D eigenvalue weighted by molar-refractivity contribution is -0.150. The van der Waals surface area contributed by atoms with Crippen molar-refractivity contribution in [2.24, 2.45) is 5.92 Å². The zero-order chi connectivity index (χ0) is 12.6. The first-order chi connectivity index (χ1) is 8.13. The van der Waals surface area contributed by atoms with Crippen LogP contribution in [0.2, 0.25) is 0 Å². The summed E-state index contributed by atoms with van der Waals surface area (Å²) in [6.07, 6.45) is 3.56. The highest BCUT2D eigenvalue weighted by Gasteiger charge is 2.50. The molecule has 17 heavy (non-hydrogen) atoms. The summed E-state index contributed by atoms with van der Waals surface area (Å²) in [7, 11) is 0. The fourth-order valence-electron chi connectivity index (χ4n) is 2.85. The van der Waals surface area contributed by atoms with Gasteiger partial charge >= 0.3 is 0 Å². The molecule has 2 aliphatic rings. The van der Waals surface area contributed by atoms with Crippen LogP contribution in [0.1, 0.15) is 46.5 Å². The van der Waals surface area contributed by atoms with Crippen molar-refractivity contribution in [3.8, 4) is 0 Å². The number of piperazine rings is 1. The summed E-state index contributed by atoms with van der Waals surface area (Å²) < 4.78 is 0. The molecule has 4 atom stereocenters. The van der Waals surface area contributed by atoms with E-state index in [1.54, 1.807) is 0 Å². The molecule has 1 aliphatic heterocycles. The van der Waals surface area contributed by atoms with Gasteiger partial charge in [-0.15, -0.1) is 0 Å². The van der Waals surface area contributed by atoms with Crippen molar-refractivity contribution >= 4 is 11.8 Å². The van der Waals surface area contributed by atoms with Crippen LogP contribution in [0.3, 0.4) is 0 Å². The lowest BCUT2D eigenvalue weighted by Gasteiger charge is -2.39. The van der Waals surface area contributed by atoms with E-state index in [-0.39, 0.29) is 23.9 Å². The summed E-state index contributed by atoms with van der Waals surface area (Å²) in [5.74, 6) is 0.761. The molecule has 1 aliphatic carbocycles. The van der Waals surface area contributed by atoms with Crippen LogP contribution < -0.4 is 5.32 Å². The zero-order valence-corrected chi connectivity index (χ0v) is 10.9. The van der Waals surface area contributed by atoms with Crippen LogP contribution in [0.15, 0.2) is 0 Å². The maximum Gasteiger partial charge on any atom is 0.246 e. The molecule has 0 bridgehead atoms. The van der Waals surface area contributed by atoms with Gasteiger partial charge in [-0.3, -0.25) is 9.59 Å². The first-order valence-corrected chi connectivity index (χ1v) is 6.76. The Labute approximate surface area is 103 Å². The highest BCUT2D eigenvalue weighted by molar-refractivity contribution is 5.97. The summed E-state index contributed by atoms with van der Waals surface area (Å²) in [4.78, 5) is 26.2. The normalized spacial score (nSPS) is 37.0. The van der Waals surface area contributed by atoms with Crippen molar-refractivity contribution in [1.29, 1.82) is 0 Å². The molecule has 0 radical (unpaired) electrons. The van der Waals surface area contributed by atoms with Crippen LogP contribution in [0.25, 0.3) is 0 Å². The third kappa shape index (κ3) is 2.05. The highest BCUT2D eigenvalue weighted by Crippen LogP contribution is 2.40. The van der Waals surface area contributed by atoms with E-state index in [1.807, 2.05) is 18.7 Å². The summed E-state index contributed by atoms with van der Waals surface area (Å²) in [5, 5.41) is 2.83. The number of hydrogen-bond acceptors (Lipinski definition) is 2. The summed E-state index contributed by atoms with van der Waals surface area (Å²) in [5.41, 5.74) is 0. The average molecular weight is 238 g/mol. The molecule has 4 unspecified atom stereocenters. The Morgan fingerprint density at radius 1 is 1.18 bits per heavy atom. The van der Waals surface area contributed by atoms with Gasteiger partial charge in [0.2, 0.25) is 11.8 Å². The number of carbonyl (C=O) groups excluding carboxylic acids is 2. The third-order valence-electron chi connectivity index (χ3n) is 4.07. The predicted molar refractivity (Wildman–Crippen MR) is 65.3 cm³/mol. The second kappa shape index (κ2) is 4.67. The van der Waals surface area contributed by atoms with E-state index in [1.165, 1.54) is 0 Å². The molecular weight excluding hydrogens is 216 g/mol. The molecule has 2 fully saturated rings. The molecule has 4 heteroatoms. The van der Waals surface area contributed by atoms with Crippen LogP contribution in [0.4, 0.5) is 0 Å². The highest BCUT2D eigenvalue weighted by atomic mass is 16.2. The maximum atomic E-state index is 12.3. The van der Waals surface area contributed by atoms with Crippen molar-refractivity contribution in [2.45, 2.75) is 64.6 Å². The van der Waals surface area contributed by atoms with E-state index in [2.05, 4.69) is 12.2 Å². The van der Waals surface area contributed by atoms with E-state index in [4.69, 9.17) is 0 Å². The van der Waals surface area contributed by atoms with Gasteiger partial charge in [0.15, 0.2) is 0 Å². The minimum Gasteiger partial charge on any atom is -0.343 e. The molecule has 0 aromatic rings. The largest absolute Gasteiger partial charge is 0.343 e. The molecule has 0 spiro atoms. The molecule has 1 saturated heterocycles. The number of rotatable bonds is 4. The Kier molecular flexibility index (Phi) is 3.40. The zero-order valence-electron chi connectivity index (χ0n) is 10.9. The molecule has 0 aromatic carbocycles. The SMILES string of the molecule is CCC1NC(=O)C(CC)N(C2CC2CC)C1=O. The number of carbonyl (C=O) groups is 2. The van der Waals surface area contributed by atoms with Crippen molar-refractivity contribution in [1.82, 2.24) is 10.2 Å². The van der Waals surface area contributed by atoms with Gasteiger partial charge < -0.3 is 10.2 Å². The number of hydrogen-bond donors (Lipinski definition) is 1. The first kappa shape index (κ1) is 12.4. The smallest absolute Gasteiger partial charge is 0.246 e. The van der Waals surface area contributed by atoms with Crippen molar-refractivity contribution in [3.05, 3.63) is 0 Å².